The molecule has 0 amide bonds. The summed E-state index contributed by atoms with van der Waals surface area (Å²) in [6.07, 6.45) is 10.4. The lowest BCUT2D eigenvalue weighted by molar-refractivity contribution is 0.538. The molecule has 0 aromatic rings. The number of carbonyl (C=O) groups excluding carboxylic acids is 1. The Hall–Kier alpha value is -0.850. The zero-order valence-corrected chi connectivity index (χ0v) is 4.50. The third kappa shape index (κ3) is 1.06. The van der Waals surface area contributed by atoms with Crippen LogP contribution in [0.5, 0.6) is 0 Å². The molecule has 0 N–H and O–H groups in total. The van der Waals surface area contributed by atoms with Crippen molar-refractivity contribution in [1.29, 1.82) is 0 Å². The third-order valence-electron chi connectivity index (χ3n) is 1.13. The van der Waals surface area contributed by atoms with Crippen LogP contribution < -0.4 is 0 Å². The minimum Gasteiger partial charge on any atom is -0.290 e. The maximum absolute atomic E-state index is 9.95. The molecule has 1 rings (SSSR count). The van der Waals surface area contributed by atoms with Gasteiger partial charge < -0.3 is 0 Å². The smallest absolute Gasteiger partial charge is 0.206 e. The van der Waals surface area contributed by atoms with Gasteiger partial charge in [-0.1, -0.05) is 24.3 Å². The Morgan fingerprint density at radius 1 is 1.50 bits per heavy atom. The molecule has 0 aromatic carbocycles. The lowest BCUT2D eigenvalue weighted by Crippen LogP contribution is -1.96. The van der Waals surface area contributed by atoms with Gasteiger partial charge in [0.2, 0.25) is 6.29 Å². The average Bonchev–Trinajstić information content (AvgIpc) is 1.90. The predicted octanol–water partition coefficient (Wildman–Crippen LogP) is 1.23. The highest BCUT2D eigenvalue weighted by Crippen LogP contribution is 2.06. The molecular formula is C7H7O. The normalized spacial score (nSPS) is 25.8. The van der Waals surface area contributed by atoms with E-state index in [1.807, 2.05) is 30.6 Å². The van der Waals surface area contributed by atoms with Crippen LogP contribution >= 0.6 is 0 Å². The van der Waals surface area contributed by atoms with Gasteiger partial charge in [-0.3, -0.25) is 4.79 Å². The number of hydrogen-bond acceptors (Lipinski definition) is 1. The third-order valence-corrected chi connectivity index (χ3v) is 1.13. The van der Waals surface area contributed by atoms with Gasteiger partial charge in [-0.25, -0.2) is 0 Å². The van der Waals surface area contributed by atoms with Crippen LogP contribution in [-0.4, -0.2) is 6.29 Å². The lowest BCUT2D eigenvalue weighted by Gasteiger charge is -2.00. The van der Waals surface area contributed by atoms with Crippen molar-refractivity contribution in [3.05, 3.63) is 24.3 Å². The van der Waals surface area contributed by atoms with Crippen molar-refractivity contribution >= 4 is 6.29 Å². The monoisotopic (exact) mass is 107 g/mol. The zero-order chi connectivity index (χ0) is 5.82. The SMILES string of the molecule is O=[C]C1C=CC=CC1. The second-order valence-electron chi connectivity index (χ2n) is 1.77. The summed E-state index contributed by atoms with van der Waals surface area (Å²) in [6.45, 7) is 0. The summed E-state index contributed by atoms with van der Waals surface area (Å²) in [5.74, 6) is 0.0139. The summed E-state index contributed by atoms with van der Waals surface area (Å²) in [6, 6.07) is 0. The van der Waals surface area contributed by atoms with Gasteiger partial charge in [0.25, 0.3) is 0 Å². The molecule has 0 saturated carbocycles. The van der Waals surface area contributed by atoms with Gasteiger partial charge in [0.05, 0.1) is 0 Å². The maximum atomic E-state index is 9.95. The Morgan fingerprint density at radius 2 is 2.38 bits per heavy atom. The van der Waals surface area contributed by atoms with E-state index in [4.69, 9.17) is 0 Å². The molecule has 0 saturated heterocycles. The van der Waals surface area contributed by atoms with E-state index in [2.05, 4.69) is 0 Å². The highest BCUT2D eigenvalue weighted by atomic mass is 16.1. The Kier molecular flexibility index (Phi) is 1.62. The van der Waals surface area contributed by atoms with Crippen molar-refractivity contribution in [3.8, 4) is 0 Å². The van der Waals surface area contributed by atoms with Crippen molar-refractivity contribution in [2.75, 3.05) is 0 Å². The molecule has 8 heavy (non-hydrogen) atoms. The molecule has 1 aliphatic rings. The van der Waals surface area contributed by atoms with Crippen molar-refractivity contribution in [2.24, 2.45) is 5.92 Å². The van der Waals surface area contributed by atoms with E-state index < -0.39 is 0 Å². The van der Waals surface area contributed by atoms with Gasteiger partial charge in [-0.15, -0.1) is 0 Å². The molecule has 41 valence electrons. The van der Waals surface area contributed by atoms with Gasteiger partial charge in [-0.2, -0.15) is 0 Å². The van der Waals surface area contributed by atoms with E-state index in [1.165, 1.54) is 0 Å². The maximum Gasteiger partial charge on any atom is 0.206 e. The molecule has 0 aromatic heterocycles. The largest absolute Gasteiger partial charge is 0.290 e. The van der Waals surface area contributed by atoms with E-state index in [1.54, 1.807) is 0 Å². The fourth-order valence-electron chi connectivity index (χ4n) is 0.668. The van der Waals surface area contributed by atoms with Crippen molar-refractivity contribution in [1.82, 2.24) is 0 Å². The lowest BCUT2D eigenvalue weighted by atomic mass is 10.0. The Morgan fingerprint density at radius 3 is 2.75 bits per heavy atom. The first-order valence-electron chi connectivity index (χ1n) is 2.64. The molecule has 0 aliphatic heterocycles. The minimum atomic E-state index is 0.0139. The van der Waals surface area contributed by atoms with Crippen molar-refractivity contribution in [2.45, 2.75) is 6.42 Å². The van der Waals surface area contributed by atoms with Crippen molar-refractivity contribution in [3.63, 3.8) is 0 Å². The molecule has 1 unspecified atom stereocenters. The fraction of sp³-hybridized carbons (Fsp3) is 0.286. The van der Waals surface area contributed by atoms with Crippen molar-refractivity contribution < 1.29 is 4.79 Å². The van der Waals surface area contributed by atoms with Gasteiger partial charge in [0, 0.05) is 5.92 Å². The second-order valence-corrected chi connectivity index (χ2v) is 1.77. The average molecular weight is 107 g/mol. The van der Waals surface area contributed by atoms with Gasteiger partial charge in [0.1, 0.15) is 0 Å². The summed E-state index contributed by atoms with van der Waals surface area (Å²) in [5, 5.41) is 0. The van der Waals surface area contributed by atoms with Gasteiger partial charge >= 0.3 is 0 Å². The van der Waals surface area contributed by atoms with Crippen LogP contribution in [0.3, 0.4) is 0 Å². The molecule has 0 fully saturated rings. The van der Waals surface area contributed by atoms with Crippen LogP contribution in [0.4, 0.5) is 0 Å². The summed E-state index contributed by atoms with van der Waals surface area (Å²) in [7, 11) is 0. The minimum absolute atomic E-state index is 0.0139. The highest BCUT2D eigenvalue weighted by Gasteiger charge is 2.01. The van der Waals surface area contributed by atoms with Crippen LogP contribution in [-0.2, 0) is 4.79 Å². The number of rotatable bonds is 1. The van der Waals surface area contributed by atoms with Crippen LogP contribution in [0.2, 0.25) is 0 Å². The molecular weight excluding hydrogens is 100 g/mol. The molecule has 1 atom stereocenters. The summed E-state index contributed by atoms with van der Waals surface area (Å²) in [5.41, 5.74) is 0. The highest BCUT2D eigenvalue weighted by molar-refractivity contribution is 5.58. The second kappa shape index (κ2) is 2.46. The summed E-state index contributed by atoms with van der Waals surface area (Å²) >= 11 is 0. The molecule has 0 heterocycles. The Balaban J connectivity index is 2.51. The quantitative estimate of drug-likeness (QED) is 0.492. The predicted molar refractivity (Wildman–Crippen MR) is 32.1 cm³/mol. The van der Waals surface area contributed by atoms with E-state index in [9.17, 15) is 4.79 Å². The molecule has 0 bridgehead atoms. The summed E-state index contributed by atoms with van der Waals surface area (Å²) < 4.78 is 0. The fourth-order valence-corrected chi connectivity index (χ4v) is 0.668. The topological polar surface area (TPSA) is 17.1 Å². The van der Waals surface area contributed by atoms with Crippen LogP contribution in [0.15, 0.2) is 24.3 Å². The standard InChI is InChI=1S/C7H7O/c8-6-7-4-2-1-3-5-7/h1-4,7H,5H2. The molecule has 1 nitrogen and oxygen atoms in total. The molecule has 1 aliphatic carbocycles. The molecule has 1 radical (unpaired) electrons. The van der Waals surface area contributed by atoms with Gasteiger partial charge in [-0.05, 0) is 6.42 Å². The van der Waals surface area contributed by atoms with Crippen LogP contribution in [0.1, 0.15) is 6.42 Å². The first kappa shape index (κ1) is 5.29. The molecule has 1 heteroatoms. The Bertz CT molecular complexity index is 133. The van der Waals surface area contributed by atoms with E-state index >= 15 is 0 Å². The zero-order valence-electron chi connectivity index (χ0n) is 4.50. The first-order chi connectivity index (χ1) is 3.93. The molecule has 0 spiro atoms. The van der Waals surface area contributed by atoms with Crippen LogP contribution in [0.25, 0.3) is 0 Å². The Labute approximate surface area is 48.7 Å². The van der Waals surface area contributed by atoms with E-state index in [0.29, 0.717) is 0 Å². The number of allylic oxidation sites excluding steroid dienone is 4. The van der Waals surface area contributed by atoms with Crippen LogP contribution in [0, 0.1) is 5.92 Å². The van der Waals surface area contributed by atoms with Gasteiger partial charge in [0.15, 0.2) is 0 Å². The van der Waals surface area contributed by atoms with E-state index in [-0.39, 0.29) is 5.92 Å². The first-order valence-corrected chi connectivity index (χ1v) is 2.64. The number of hydrogen-bond donors (Lipinski definition) is 0. The van der Waals surface area contributed by atoms with E-state index in [0.717, 1.165) is 6.42 Å². The summed E-state index contributed by atoms with van der Waals surface area (Å²) in [4.78, 5) is 9.95.